The molecule has 6 rings (SSSR count). The fourth-order valence-electron chi connectivity index (χ4n) is 4.99. The number of piperazine rings is 1. The molecular formula is C31H34N8O2. The fourth-order valence-corrected chi connectivity index (χ4v) is 4.99. The standard InChI is InChI=1S/C31H34N8O2/c1-19-15-21(5-6-22(19)17-34-29(40)28-35-30(41-38-28)31(2,3)4)26-25-16-23(18-33-27(25)37-36-26)20-7-9-24(10-8-20)39-13-11-32-12-14-39/h5-10,15-16,18,32H,11-14,17H2,1-4H3,(H,34,40)(H,33,36,37). The second kappa shape index (κ2) is 10.8. The molecule has 10 nitrogen and oxygen atoms in total. The highest BCUT2D eigenvalue weighted by atomic mass is 16.5. The molecule has 1 saturated heterocycles. The molecule has 1 fully saturated rings. The van der Waals surface area contributed by atoms with Gasteiger partial charge in [-0.05, 0) is 47.9 Å². The van der Waals surface area contributed by atoms with Gasteiger partial charge >= 0.3 is 0 Å². The average molecular weight is 551 g/mol. The van der Waals surface area contributed by atoms with Gasteiger partial charge in [0, 0.05) is 66.5 Å². The maximum absolute atomic E-state index is 12.6. The third kappa shape index (κ3) is 5.55. The van der Waals surface area contributed by atoms with Crippen LogP contribution in [0.3, 0.4) is 0 Å². The molecule has 0 atom stereocenters. The lowest BCUT2D eigenvalue weighted by Gasteiger charge is -2.29. The van der Waals surface area contributed by atoms with E-state index in [-0.39, 0.29) is 17.1 Å². The Balaban J connectivity index is 1.18. The number of hydrogen-bond donors (Lipinski definition) is 3. The predicted molar refractivity (Wildman–Crippen MR) is 159 cm³/mol. The molecule has 3 aromatic heterocycles. The van der Waals surface area contributed by atoms with Crippen LogP contribution in [0.15, 0.2) is 59.3 Å². The quantitative estimate of drug-likeness (QED) is 0.280. The van der Waals surface area contributed by atoms with E-state index in [1.54, 1.807) is 0 Å². The Bertz CT molecular complexity index is 1690. The first kappa shape index (κ1) is 26.6. The summed E-state index contributed by atoms with van der Waals surface area (Å²) in [7, 11) is 0. The van der Waals surface area contributed by atoms with Gasteiger partial charge in [-0.25, -0.2) is 4.98 Å². The smallest absolute Gasteiger partial charge is 0.292 e. The molecule has 5 aromatic rings. The van der Waals surface area contributed by atoms with Crippen LogP contribution in [0.2, 0.25) is 0 Å². The molecule has 4 heterocycles. The van der Waals surface area contributed by atoms with E-state index in [1.807, 2.05) is 46.0 Å². The third-order valence-electron chi connectivity index (χ3n) is 7.43. The number of H-pyrrole nitrogens is 1. The van der Waals surface area contributed by atoms with Gasteiger partial charge < -0.3 is 20.1 Å². The average Bonchev–Trinajstić information content (AvgIpc) is 3.65. The topological polar surface area (TPSA) is 125 Å². The lowest BCUT2D eigenvalue weighted by molar-refractivity contribution is 0.0937. The number of anilines is 1. The summed E-state index contributed by atoms with van der Waals surface area (Å²) in [6, 6.07) is 17.0. The summed E-state index contributed by atoms with van der Waals surface area (Å²) in [5.41, 5.74) is 7.70. The number of amides is 1. The summed E-state index contributed by atoms with van der Waals surface area (Å²) in [6.45, 7) is 12.3. The zero-order chi connectivity index (χ0) is 28.6. The Morgan fingerprint density at radius 2 is 1.78 bits per heavy atom. The van der Waals surface area contributed by atoms with Crippen LogP contribution < -0.4 is 15.5 Å². The van der Waals surface area contributed by atoms with Gasteiger partial charge in [-0.3, -0.25) is 9.89 Å². The van der Waals surface area contributed by atoms with Gasteiger partial charge in [-0.15, -0.1) is 0 Å². The Morgan fingerprint density at radius 1 is 1.02 bits per heavy atom. The van der Waals surface area contributed by atoms with Crippen molar-refractivity contribution < 1.29 is 9.32 Å². The molecular weight excluding hydrogens is 516 g/mol. The zero-order valence-electron chi connectivity index (χ0n) is 23.8. The van der Waals surface area contributed by atoms with Crippen LogP contribution in [-0.4, -0.2) is 57.4 Å². The van der Waals surface area contributed by atoms with Crippen molar-refractivity contribution in [3.05, 3.63) is 77.6 Å². The van der Waals surface area contributed by atoms with Crippen LogP contribution in [-0.2, 0) is 12.0 Å². The SMILES string of the molecule is Cc1cc(-c2[nH]nc3ncc(-c4ccc(N5CCNCC5)cc4)cc23)ccc1CNC(=O)c1noc(C(C)(C)C)n1. The van der Waals surface area contributed by atoms with Crippen LogP contribution in [0.5, 0.6) is 0 Å². The summed E-state index contributed by atoms with van der Waals surface area (Å²) in [6.07, 6.45) is 1.87. The number of fused-ring (bicyclic) bond motifs is 1. The lowest BCUT2D eigenvalue weighted by Crippen LogP contribution is -2.43. The molecule has 2 aromatic carbocycles. The van der Waals surface area contributed by atoms with E-state index in [2.05, 4.69) is 77.3 Å². The number of pyridine rings is 1. The molecule has 0 saturated carbocycles. The fraction of sp³-hybridized carbons (Fsp3) is 0.323. The van der Waals surface area contributed by atoms with Crippen molar-refractivity contribution in [1.82, 2.24) is 36.0 Å². The number of aromatic nitrogens is 5. The molecule has 0 unspecified atom stereocenters. The summed E-state index contributed by atoms with van der Waals surface area (Å²) in [5, 5.41) is 18.7. The summed E-state index contributed by atoms with van der Waals surface area (Å²) >= 11 is 0. The zero-order valence-corrected chi connectivity index (χ0v) is 23.8. The van der Waals surface area contributed by atoms with E-state index >= 15 is 0 Å². The number of nitrogens with one attached hydrogen (secondary N) is 3. The van der Waals surface area contributed by atoms with E-state index in [0.717, 1.165) is 65.1 Å². The molecule has 210 valence electrons. The Labute approximate surface area is 238 Å². The number of hydrogen-bond acceptors (Lipinski definition) is 8. The number of carbonyl (C=O) groups excluding carboxylic acids is 1. The first-order valence-corrected chi connectivity index (χ1v) is 13.9. The molecule has 0 radical (unpaired) electrons. The highest BCUT2D eigenvalue weighted by molar-refractivity contribution is 5.93. The third-order valence-corrected chi connectivity index (χ3v) is 7.43. The van der Waals surface area contributed by atoms with Crippen LogP contribution in [0.4, 0.5) is 5.69 Å². The minimum absolute atomic E-state index is 0.0369. The molecule has 0 spiro atoms. The number of carbonyl (C=O) groups is 1. The molecule has 1 aliphatic heterocycles. The highest BCUT2D eigenvalue weighted by Crippen LogP contribution is 2.31. The van der Waals surface area contributed by atoms with Crippen molar-refractivity contribution in [3.63, 3.8) is 0 Å². The maximum atomic E-state index is 12.6. The Kier molecular flexibility index (Phi) is 7.00. The second-order valence-electron chi connectivity index (χ2n) is 11.5. The van der Waals surface area contributed by atoms with Crippen molar-refractivity contribution in [3.8, 4) is 22.4 Å². The van der Waals surface area contributed by atoms with E-state index < -0.39 is 0 Å². The van der Waals surface area contributed by atoms with Gasteiger partial charge in [0.05, 0.1) is 5.69 Å². The second-order valence-corrected chi connectivity index (χ2v) is 11.5. The maximum Gasteiger partial charge on any atom is 0.292 e. The van der Waals surface area contributed by atoms with Gasteiger partial charge in [0.15, 0.2) is 5.65 Å². The summed E-state index contributed by atoms with van der Waals surface area (Å²) in [5.74, 6) is 0.0987. The largest absolute Gasteiger partial charge is 0.369 e. The monoisotopic (exact) mass is 550 g/mol. The minimum atomic E-state index is -0.369. The number of aryl methyl sites for hydroxylation is 1. The van der Waals surface area contributed by atoms with Crippen molar-refractivity contribution in [2.24, 2.45) is 0 Å². The van der Waals surface area contributed by atoms with Gasteiger partial charge in [0.25, 0.3) is 11.7 Å². The van der Waals surface area contributed by atoms with Crippen molar-refractivity contribution in [2.75, 3.05) is 31.1 Å². The van der Waals surface area contributed by atoms with Crippen LogP contribution in [0.1, 0.15) is 48.4 Å². The van der Waals surface area contributed by atoms with E-state index in [1.165, 1.54) is 5.69 Å². The Hall–Kier alpha value is -4.57. The van der Waals surface area contributed by atoms with Gasteiger partial charge in [-0.1, -0.05) is 50.2 Å². The molecule has 41 heavy (non-hydrogen) atoms. The summed E-state index contributed by atoms with van der Waals surface area (Å²) in [4.78, 5) is 23.9. The molecule has 0 aliphatic carbocycles. The lowest BCUT2D eigenvalue weighted by atomic mass is 9.97. The first-order chi connectivity index (χ1) is 19.8. The van der Waals surface area contributed by atoms with E-state index in [4.69, 9.17) is 4.52 Å². The Morgan fingerprint density at radius 3 is 2.49 bits per heavy atom. The van der Waals surface area contributed by atoms with Crippen molar-refractivity contribution in [1.29, 1.82) is 0 Å². The number of nitrogens with zero attached hydrogens (tertiary/aromatic N) is 5. The van der Waals surface area contributed by atoms with Gasteiger partial charge in [0.2, 0.25) is 5.89 Å². The van der Waals surface area contributed by atoms with Crippen LogP contribution >= 0.6 is 0 Å². The molecule has 10 heteroatoms. The normalized spacial score (nSPS) is 14.0. The molecule has 3 N–H and O–H groups in total. The predicted octanol–water partition coefficient (Wildman–Crippen LogP) is 4.62. The van der Waals surface area contributed by atoms with E-state index in [0.29, 0.717) is 18.1 Å². The molecule has 0 bridgehead atoms. The van der Waals surface area contributed by atoms with Crippen molar-refractivity contribution in [2.45, 2.75) is 39.7 Å². The van der Waals surface area contributed by atoms with Gasteiger partial charge in [-0.2, -0.15) is 10.1 Å². The molecule has 1 amide bonds. The number of aromatic amines is 1. The van der Waals surface area contributed by atoms with E-state index in [9.17, 15) is 4.79 Å². The minimum Gasteiger partial charge on any atom is -0.369 e. The van der Waals surface area contributed by atoms with Gasteiger partial charge in [0.1, 0.15) is 0 Å². The summed E-state index contributed by atoms with van der Waals surface area (Å²) < 4.78 is 5.24. The number of benzene rings is 2. The molecule has 1 aliphatic rings. The van der Waals surface area contributed by atoms with Crippen LogP contribution in [0.25, 0.3) is 33.4 Å². The number of rotatable bonds is 6. The van der Waals surface area contributed by atoms with Crippen molar-refractivity contribution >= 4 is 22.6 Å². The first-order valence-electron chi connectivity index (χ1n) is 13.9. The van der Waals surface area contributed by atoms with Crippen LogP contribution in [0, 0.1) is 6.92 Å². The highest BCUT2D eigenvalue weighted by Gasteiger charge is 2.24.